The first kappa shape index (κ1) is 83.5. The Morgan fingerprint density at radius 2 is 0.704 bits per heavy atom. The summed E-state index contributed by atoms with van der Waals surface area (Å²) in [6, 6.07) is 61.7. The number of halogens is 1. The molecule has 4 amide bonds. The number of nitrogens with zero attached hydrogens (tertiary/aromatic N) is 9. The van der Waals surface area contributed by atoms with E-state index in [0.29, 0.717) is 18.8 Å². The van der Waals surface area contributed by atoms with Crippen molar-refractivity contribution in [2.24, 2.45) is 23.7 Å². The van der Waals surface area contributed by atoms with Crippen molar-refractivity contribution in [3.8, 4) is 0 Å². The minimum Gasteiger partial charge on any atom is -0.371 e. The lowest BCUT2D eigenvalue weighted by atomic mass is 9.95. The molecule has 0 saturated carbocycles. The number of piperidine rings is 4. The number of fused-ring (bicyclic) bond motifs is 4. The van der Waals surface area contributed by atoms with Gasteiger partial charge in [0.05, 0.1) is 17.5 Å². The first-order valence-corrected chi connectivity index (χ1v) is 43.3. The molecule has 0 aliphatic carbocycles. The molecule has 7 aromatic carbocycles. The van der Waals surface area contributed by atoms with Gasteiger partial charge in [0.1, 0.15) is 11.6 Å². The number of aryl methyl sites for hydroxylation is 4. The van der Waals surface area contributed by atoms with Crippen LogP contribution in [0, 0.1) is 57.2 Å². The molecule has 0 spiro atoms. The zero-order chi connectivity index (χ0) is 79.7. The van der Waals surface area contributed by atoms with Gasteiger partial charge in [0.2, 0.25) is 23.6 Å². The molecule has 610 valence electrons. The van der Waals surface area contributed by atoms with Crippen LogP contribution in [0.1, 0.15) is 131 Å². The fraction of sp³-hybridized carbons (Fsp3) is 0.474. The lowest BCUT2D eigenvalue weighted by Gasteiger charge is -2.34. The van der Waals surface area contributed by atoms with Crippen molar-refractivity contribution in [1.29, 1.82) is 0 Å². The Morgan fingerprint density at radius 1 is 0.348 bits per heavy atom. The van der Waals surface area contributed by atoms with Crippen molar-refractivity contribution >= 4 is 46.5 Å². The van der Waals surface area contributed by atoms with E-state index in [-0.39, 0.29) is 53.1 Å². The molecular weight excluding hydrogens is 1430 g/mol. The Hall–Kier alpha value is -9.46. The van der Waals surface area contributed by atoms with E-state index in [9.17, 15) is 23.6 Å². The average Bonchev–Trinajstić information content (AvgIpc) is 0.885. The molecule has 8 aliphatic rings. The number of benzene rings is 7. The maximum absolute atomic E-state index is 14.3. The molecule has 8 aromatic rings. The van der Waals surface area contributed by atoms with Crippen LogP contribution >= 0.6 is 0 Å². The monoisotopic (exact) mass is 1560 g/mol. The molecular formula is C97H126FN13O4. The summed E-state index contributed by atoms with van der Waals surface area (Å²) in [4.78, 5) is 74.0. The summed E-state index contributed by atoms with van der Waals surface area (Å²) in [7, 11) is 0. The largest absolute Gasteiger partial charge is 0.371 e. The summed E-state index contributed by atoms with van der Waals surface area (Å²) < 4.78 is 14.3. The smallest absolute Gasteiger partial charge is 0.224 e. The van der Waals surface area contributed by atoms with Gasteiger partial charge in [-0.3, -0.25) is 38.8 Å². The number of nitrogens with one attached hydrogen (secondary N) is 4. The third-order valence-electron chi connectivity index (χ3n) is 25.0. The lowest BCUT2D eigenvalue weighted by Crippen LogP contribution is -2.44. The Kier molecular flexibility index (Phi) is 30.8. The van der Waals surface area contributed by atoms with E-state index >= 15 is 0 Å². The van der Waals surface area contributed by atoms with Gasteiger partial charge in [-0.15, -0.1) is 0 Å². The molecule has 0 bridgehead atoms. The number of pyridine rings is 1. The van der Waals surface area contributed by atoms with Gasteiger partial charge in [-0.1, -0.05) is 145 Å². The number of amides is 4. The number of rotatable bonds is 22. The molecule has 4 saturated heterocycles. The second kappa shape index (κ2) is 42.4. The van der Waals surface area contributed by atoms with Gasteiger partial charge >= 0.3 is 0 Å². The van der Waals surface area contributed by atoms with E-state index in [1.165, 1.54) is 72.6 Å². The van der Waals surface area contributed by atoms with Crippen LogP contribution < -0.4 is 40.9 Å². The van der Waals surface area contributed by atoms with Crippen LogP contribution in [0.4, 0.5) is 27.3 Å². The second-order valence-corrected chi connectivity index (χ2v) is 33.5. The van der Waals surface area contributed by atoms with Crippen molar-refractivity contribution in [1.82, 2.24) is 45.9 Å². The van der Waals surface area contributed by atoms with Crippen molar-refractivity contribution in [3.63, 3.8) is 0 Å². The molecule has 2 unspecified atom stereocenters. The van der Waals surface area contributed by atoms with Crippen LogP contribution in [0.2, 0.25) is 0 Å². The summed E-state index contributed by atoms with van der Waals surface area (Å²) in [5.41, 5.74) is 19.4. The van der Waals surface area contributed by atoms with Gasteiger partial charge < -0.3 is 40.9 Å². The Labute approximate surface area is 684 Å². The van der Waals surface area contributed by atoms with Crippen LogP contribution in [-0.4, -0.2) is 179 Å². The SMILES string of the molecule is Cc1ccc(N2CCC(C(=O)NCCN3CCc4ccccc4C3)CC2)cc1.Cc1ccc(N2CCC(C(=O)NCCN3CCc4ccccc4C3)CC2)nc1.Cc1ccc(N2CCCC(C(=O)NCCCN3CCc4ccccc4C3)C2)c(F)c1.Cc1ccc(N2CCCC(C(=O)NCCCN3CCc4ccccc4C3)C2)cc1. The van der Waals surface area contributed by atoms with Crippen LogP contribution in [0.5, 0.6) is 0 Å². The average molecular weight is 1560 g/mol. The Bertz CT molecular complexity index is 4270. The summed E-state index contributed by atoms with van der Waals surface area (Å²) in [6.45, 7) is 30.4. The molecule has 1 aromatic heterocycles. The number of hydrogen-bond donors (Lipinski definition) is 4. The first-order valence-electron chi connectivity index (χ1n) is 43.3. The highest BCUT2D eigenvalue weighted by Crippen LogP contribution is 2.31. The fourth-order valence-corrected chi connectivity index (χ4v) is 17.9. The lowest BCUT2D eigenvalue weighted by molar-refractivity contribution is -0.126. The second-order valence-electron chi connectivity index (χ2n) is 33.5. The predicted octanol–water partition coefficient (Wildman–Crippen LogP) is 13.9. The molecule has 0 radical (unpaired) electrons. The third-order valence-corrected chi connectivity index (χ3v) is 25.0. The number of carbonyl (C=O) groups excluding carboxylic acids is 4. The van der Waals surface area contributed by atoms with Gasteiger partial charge in [-0.05, 0) is 216 Å². The van der Waals surface area contributed by atoms with Gasteiger partial charge in [0, 0.05) is 186 Å². The van der Waals surface area contributed by atoms with Crippen LogP contribution in [0.25, 0.3) is 0 Å². The number of carbonyl (C=O) groups is 4. The first-order chi connectivity index (χ1) is 56.2. The number of anilines is 4. The zero-order valence-corrected chi connectivity index (χ0v) is 69.0. The van der Waals surface area contributed by atoms with E-state index in [1.54, 1.807) is 6.07 Å². The normalized spacial score (nSPS) is 18.8. The minimum atomic E-state index is -0.195. The Balaban J connectivity index is 0.000000134. The molecule has 9 heterocycles. The zero-order valence-electron chi connectivity index (χ0n) is 69.0. The van der Waals surface area contributed by atoms with E-state index in [2.05, 4.69) is 239 Å². The van der Waals surface area contributed by atoms with Crippen LogP contribution in [0.3, 0.4) is 0 Å². The predicted molar refractivity (Wildman–Crippen MR) is 465 cm³/mol. The highest BCUT2D eigenvalue weighted by Gasteiger charge is 2.31. The highest BCUT2D eigenvalue weighted by molar-refractivity contribution is 5.81. The van der Waals surface area contributed by atoms with E-state index < -0.39 is 0 Å². The topological polar surface area (TPSA) is 155 Å². The minimum absolute atomic E-state index is 0.0682. The van der Waals surface area contributed by atoms with Gasteiger partial charge in [0.25, 0.3) is 0 Å². The summed E-state index contributed by atoms with van der Waals surface area (Å²) in [5.74, 6) is 1.94. The summed E-state index contributed by atoms with van der Waals surface area (Å²) in [6.07, 6.45) is 15.9. The van der Waals surface area contributed by atoms with Gasteiger partial charge in [-0.25, -0.2) is 9.37 Å². The highest BCUT2D eigenvalue weighted by atomic mass is 19.1. The van der Waals surface area contributed by atoms with Crippen molar-refractivity contribution in [2.45, 2.75) is 144 Å². The van der Waals surface area contributed by atoms with Crippen molar-refractivity contribution in [3.05, 3.63) is 255 Å². The van der Waals surface area contributed by atoms with Gasteiger partial charge in [-0.2, -0.15) is 0 Å². The Morgan fingerprint density at radius 3 is 1.12 bits per heavy atom. The number of hydrogen-bond acceptors (Lipinski definition) is 13. The van der Waals surface area contributed by atoms with Crippen molar-refractivity contribution < 1.29 is 23.6 Å². The molecule has 4 N–H and O–H groups in total. The molecule has 8 aliphatic heterocycles. The van der Waals surface area contributed by atoms with E-state index in [1.807, 2.05) is 30.2 Å². The molecule has 17 nitrogen and oxygen atoms in total. The van der Waals surface area contributed by atoms with Crippen LogP contribution in [0.15, 0.2) is 182 Å². The van der Waals surface area contributed by atoms with Gasteiger partial charge in [0.15, 0.2) is 0 Å². The van der Waals surface area contributed by atoms with E-state index in [4.69, 9.17) is 0 Å². The fourth-order valence-electron chi connectivity index (χ4n) is 17.9. The summed E-state index contributed by atoms with van der Waals surface area (Å²) >= 11 is 0. The van der Waals surface area contributed by atoms with Crippen molar-refractivity contribution in [2.75, 3.05) is 150 Å². The molecule has 16 rings (SSSR count). The maximum Gasteiger partial charge on any atom is 0.224 e. The number of aromatic nitrogens is 1. The van der Waals surface area contributed by atoms with E-state index in [0.717, 1.165) is 245 Å². The maximum atomic E-state index is 14.3. The standard InChI is InChI=1S/C25H32FN3O.C25H33N3O.C24H31N3O.C23H30N4O/c1-19-9-10-24(23(26)16-19)29-14-4-8-22(18-29)25(30)27-12-5-13-28-15-11-20-6-2-3-7-21(20)17-28;1-20-9-11-24(12-10-20)28-16-4-8-23(19-28)25(29)26-14-5-15-27-17-13-21-6-2-3-7-22(21)18-27;1-19-6-8-23(9-7-19)27-15-11-21(12-16-27)24(28)25-13-17-26-14-10-20-4-2-3-5-22(20)18-26;1-18-6-7-22(25-16-18)27-13-9-20(10-14-27)23(28)24-11-15-26-12-8-19-4-2-3-5-21(19)17-26/h2-3,6-7,9-10,16,22H,4-5,8,11-15,17-18H2,1H3,(H,27,30);2-3,6-7,9-12,23H,4-5,8,13-19H2,1H3,(H,26,29);2-9,21H,10-18H2,1H3,(H,25,28);2-7,16,20H,8-15,17H2,1H3,(H,24,28). The van der Waals surface area contributed by atoms with Crippen LogP contribution in [-0.2, 0) is 71.0 Å². The molecule has 115 heavy (non-hydrogen) atoms. The molecule has 18 heteroatoms. The third kappa shape index (κ3) is 24.6. The molecule has 2 atom stereocenters. The summed E-state index contributed by atoms with van der Waals surface area (Å²) in [5, 5.41) is 12.7. The quantitative estimate of drug-likeness (QED) is 0.0476. The molecule has 4 fully saturated rings.